The second kappa shape index (κ2) is 6.72. The van der Waals surface area contributed by atoms with Crippen molar-refractivity contribution in [3.05, 3.63) is 42.5 Å². The van der Waals surface area contributed by atoms with Gasteiger partial charge in [-0.3, -0.25) is 4.79 Å². The van der Waals surface area contributed by atoms with Gasteiger partial charge in [0.25, 0.3) is 0 Å². The summed E-state index contributed by atoms with van der Waals surface area (Å²) in [6, 6.07) is 7.26. The number of rotatable bonds is 6. The molecule has 2 rings (SSSR count). The fraction of sp³-hybridized carbons (Fsp3) is 0.286. The molecule has 1 aromatic heterocycles. The number of anilines is 1. The number of ether oxygens (including phenoxy) is 1. The molecule has 0 aliphatic rings. The van der Waals surface area contributed by atoms with E-state index in [1.165, 1.54) is 0 Å². The quantitative estimate of drug-likeness (QED) is 0.832. The molecule has 0 aliphatic carbocycles. The molecule has 0 spiro atoms. The van der Waals surface area contributed by atoms with Crippen LogP contribution in [0.3, 0.4) is 0 Å². The summed E-state index contributed by atoms with van der Waals surface area (Å²) < 4.78 is 6.86. The lowest BCUT2D eigenvalue weighted by molar-refractivity contribution is -0.116. The maximum atomic E-state index is 11.9. The lowest BCUT2D eigenvalue weighted by atomic mass is 10.3. The Morgan fingerprint density at radius 2 is 2.30 bits per heavy atom. The Kier molecular flexibility index (Phi) is 4.73. The van der Waals surface area contributed by atoms with Crippen molar-refractivity contribution in [2.75, 3.05) is 19.5 Å². The van der Waals surface area contributed by atoms with Crippen molar-refractivity contribution < 1.29 is 9.53 Å². The van der Waals surface area contributed by atoms with E-state index in [1.54, 1.807) is 24.1 Å². The molecule has 0 bridgehead atoms. The maximum absolute atomic E-state index is 11.9. The van der Waals surface area contributed by atoms with Crippen molar-refractivity contribution in [1.82, 2.24) is 14.9 Å². The SMILES string of the molecule is CNCc1cn(CC(=O)Nc2cccc(OC)c2)cn1. The number of nitrogens with one attached hydrogen (secondary N) is 2. The van der Waals surface area contributed by atoms with E-state index in [1.807, 2.05) is 31.4 Å². The number of amides is 1. The van der Waals surface area contributed by atoms with Crippen molar-refractivity contribution in [2.24, 2.45) is 0 Å². The summed E-state index contributed by atoms with van der Waals surface area (Å²) in [6.07, 6.45) is 3.50. The molecule has 1 amide bonds. The van der Waals surface area contributed by atoms with E-state index in [0.29, 0.717) is 18.0 Å². The van der Waals surface area contributed by atoms with Crippen molar-refractivity contribution in [2.45, 2.75) is 13.1 Å². The number of hydrogen-bond donors (Lipinski definition) is 2. The third-order valence-corrected chi connectivity index (χ3v) is 2.72. The molecule has 0 unspecified atom stereocenters. The average molecular weight is 274 g/mol. The van der Waals surface area contributed by atoms with Gasteiger partial charge in [-0.1, -0.05) is 6.07 Å². The smallest absolute Gasteiger partial charge is 0.244 e. The zero-order valence-corrected chi connectivity index (χ0v) is 11.6. The first kappa shape index (κ1) is 14.1. The van der Waals surface area contributed by atoms with Gasteiger partial charge >= 0.3 is 0 Å². The summed E-state index contributed by atoms with van der Waals surface area (Å²) in [5.74, 6) is 0.605. The zero-order chi connectivity index (χ0) is 14.4. The molecule has 0 aliphatic heterocycles. The molecule has 0 fully saturated rings. The minimum atomic E-state index is -0.105. The third kappa shape index (κ3) is 3.83. The summed E-state index contributed by atoms with van der Waals surface area (Å²) in [4.78, 5) is 16.1. The predicted octanol–water partition coefficient (Wildman–Crippen LogP) is 1.25. The highest BCUT2D eigenvalue weighted by Crippen LogP contribution is 2.16. The van der Waals surface area contributed by atoms with Gasteiger partial charge in [0.2, 0.25) is 5.91 Å². The van der Waals surface area contributed by atoms with Crippen LogP contribution in [0.2, 0.25) is 0 Å². The minimum absolute atomic E-state index is 0.105. The zero-order valence-electron chi connectivity index (χ0n) is 11.6. The molecule has 0 atom stereocenters. The van der Waals surface area contributed by atoms with Crippen molar-refractivity contribution >= 4 is 11.6 Å². The summed E-state index contributed by atoms with van der Waals surface area (Å²) >= 11 is 0. The maximum Gasteiger partial charge on any atom is 0.244 e. The van der Waals surface area contributed by atoms with Crippen LogP contribution in [-0.2, 0) is 17.9 Å². The number of nitrogens with zero attached hydrogens (tertiary/aromatic N) is 2. The van der Waals surface area contributed by atoms with Crippen LogP contribution in [0, 0.1) is 0 Å². The van der Waals surface area contributed by atoms with Gasteiger partial charge in [-0.15, -0.1) is 0 Å². The molecule has 106 valence electrons. The highest BCUT2D eigenvalue weighted by Gasteiger charge is 2.05. The summed E-state index contributed by atoms with van der Waals surface area (Å²) in [6.45, 7) is 0.915. The predicted molar refractivity (Wildman–Crippen MR) is 76.6 cm³/mol. The van der Waals surface area contributed by atoms with Gasteiger partial charge in [0.1, 0.15) is 12.3 Å². The second-order valence-electron chi connectivity index (χ2n) is 4.35. The molecule has 0 saturated carbocycles. The van der Waals surface area contributed by atoms with Crippen molar-refractivity contribution in [3.8, 4) is 5.75 Å². The number of benzene rings is 1. The van der Waals surface area contributed by atoms with Gasteiger partial charge < -0.3 is 19.9 Å². The Balaban J connectivity index is 1.94. The van der Waals surface area contributed by atoms with E-state index in [4.69, 9.17) is 4.74 Å². The lowest BCUT2D eigenvalue weighted by Crippen LogP contribution is -2.17. The molecule has 2 aromatic rings. The Hall–Kier alpha value is -2.34. The number of carbonyl (C=O) groups excluding carboxylic acids is 1. The first-order chi connectivity index (χ1) is 9.71. The molecular formula is C14H18N4O2. The molecule has 2 N–H and O–H groups in total. The van der Waals surface area contributed by atoms with Gasteiger partial charge in [0.15, 0.2) is 0 Å². The first-order valence-electron chi connectivity index (χ1n) is 6.30. The minimum Gasteiger partial charge on any atom is -0.497 e. The normalized spacial score (nSPS) is 10.3. The van der Waals surface area contributed by atoms with E-state index >= 15 is 0 Å². The molecule has 6 nitrogen and oxygen atoms in total. The number of carbonyl (C=O) groups is 1. The summed E-state index contributed by atoms with van der Waals surface area (Å²) in [5, 5.41) is 5.84. The molecular weight excluding hydrogens is 256 g/mol. The number of aromatic nitrogens is 2. The fourth-order valence-electron chi connectivity index (χ4n) is 1.83. The van der Waals surface area contributed by atoms with Crippen LogP contribution < -0.4 is 15.4 Å². The van der Waals surface area contributed by atoms with Crippen LogP contribution in [0.25, 0.3) is 0 Å². The van der Waals surface area contributed by atoms with Gasteiger partial charge in [-0.25, -0.2) is 4.98 Å². The Labute approximate surface area is 117 Å². The van der Waals surface area contributed by atoms with E-state index in [-0.39, 0.29) is 12.5 Å². The van der Waals surface area contributed by atoms with Gasteiger partial charge in [0.05, 0.1) is 19.1 Å². The molecule has 0 saturated heterocycles. The molecule has 6 heteroatoms. The van der Waals surface area contributed by atoms with E-state index < -0.39 is 0 Å². The van der Waals surface area contributed by atoms with Crippen LogP contribution in [0.5, 0.6) is 5.75 Å². The number of methoxy groups -OCH3 is 1. The van der Waals surface area contributed by atoms with E-state index in [0.717, 1.165) is 5.69 Å². The summed E-state index contributed by atoms with van der Waals surface area (Å²) in [7, 11) is 3.45. The largest absolute Gasteiger partial charge is 0.497 e. The number of hydrogen-bond acceptors (Lipinski definition) is 4. The fourth-order valence-corrected chi connectivity index (χ4v) is 1.83. The van der Waals surface area contributed by atoms with E-state index in [9.17, 15) is 4.79 Å². The third-order valence-electron chi connectivity index (χ3n) is 2.72. The van der Waals surface area contributed by atoms with Gasteiger partial charge in [-0.2, -0.15) is 0 Å². The Morgan fingerprint density at radius 3 is 3.05 bits per heavy atom. The molecule has 1 heterocycles. The van der Waals surface area contributed by atoms with Gasteiger partial charge in [-0.05, 0) is 19.2 Å². The lowest BCUT2D eigenvalue weighted by Gasteiger charge is -2.07. The van der Waals surface area contributed by atoms with E-state index in [2.05, 4.69) is 15.6 Å². The van der Waals surface area contributed by atoms with Crippen LogP contribution in [-0.4, -0.2) is 29.6 Å². The monoisotopic (exact) mass is 274 g/mol. The summed E-state index contributed by atoms with van der Waals surface area (Å²) in [5.41, 5.74) is 1.62. The van der Waals surface area contributed by atoms with Crippen LogP contribution in [0.15, 0.2) is 36.8 Å². The molecule has 20 heavy (non-hydrogen) atoms. The highest BCUT2D eigenvalue weighted by atomic mass is 16.5. The molecule has 1 aromatic carbocycles. The van der Waals surface area contributed by atoms with Gasteiger partial charge in [0, 0.05) is 24.5 Å². The Morgan fingerprint density at radius 1 is 1.45 bits per heavy atom. The molecule has 0 radical (unpaired) electrons. The van der Waals surface area contributed by atoms with Crippen LogP contribution in [0.4, 0.5) is 5.69 Å². The average Bonchev–Trinajstić information content (AvgIpc) is 2.86. The Bertz CT molecular complexity index is 580. The standard InChI is InChI=1S/C14H18N4O2/c1-15-7-12-8-18(10-16-12)9-14(19)17-11-4-3-5-13(6-11)20-2/h3-6,8,10,15H,7,9H2,1-2H3,(H,17,19). The highest BCUT2D eigenvalue weighted by molar-refractivity contribution is 5.90. The first-order valence-corrected chi connectivity index (χ1v) is 6.30. The second-order valence-corrected chi connectivity index (χ2v) is 4.35. The van der Waals surface area contributed by atoms with Crippen molar-refractivity contribution in [3.63, 3.8) is 0 Å². The topological polar surface area (TPSA) is 68.2 Å². The van der Waals surface area contributed by atoms with Crippen LogP contribution in [0.1, 0.15) is 5.69 Å². The van der Waals surface area contributed by atoms with Crippen LogP contribution >= 0.6 is 0 Å². The number of imidazole rings is 1. The van der Waals surface area contributed by atoms with Crippen molar-refractivity contribution in [1.29, 1.82) is 0 Å².